The van der Waals surface area contributed by atoms with Crippen molar-refractivity contribution in [3.05, 3.63) is 53.7 Å². The Morgan fingerprint density at radius 2 is 2.04 bits per heavy atom. The maximum absolute atomic E-state index is 12.7. The molecule has 6 nitrogen and oxygen atoms in total. The SMILES string of the molecule is CC(NC(=O)C1COc2cc(C(C)(C)C)ccc2O1)c1ccc2[nH]ncc2c1. The van der Waals surface area contributed by atoms with E-state index in [0.29, 0.717) is 11.5 Å². The fourth-order valence-electron chi connectivity index (χ4n) is 3.29. The highest BCUT2D eigenvalue weighted by Crippen LogP contribution is 2.36. The number of fused-ring (bicyclic) bond motifs is 2. The molecule has 28 heavy (non-hydrogen) atoms. The van der Waals surface area contributed by atoms with Crippen molar-refractivity contribution < 1.29 is 14.3 Å². The summed E-state index contributed by atoms with van der Waals surface area (Å²) in [4.78, 5) is 12.7. The first-order valence-electron chi connectivity index (χ1n) is 9.48. The van der Waals surface area contributed by atoms with Crippen molar-refractivity contribution in [1.82, 2.24) is 15.5 Å². The second-order valence-corrected chi connectivity index (χ2v) is 8.28. The Labute approximate surface area is 164 Å². The third-order valence-corrected chi connectivity index (χ3v) is 5.08. The number of rotatable bonds is 3. The van der Waals surface area contributed by atoms with Gasteiger partial charge in [-0.25, -0.2) is 0 Å². The summed E-state index contributed by atoms with van der Waals surface area (Å²) in [7, 11) is 0. The normalized spacial score (nSPS) is 17.4. The molecule has 2 atom stereocenters. The van der Waals surface area contributed by atoms with E-state index in [1.807, 2.05) is 43.3 Å². The van der Waals surface area contributed by atoms with Gasteiger partial charge in [0, 0.05) is 5.39 Å². The van der Waals surface area contributed by atoms with E-state index in [0.717, 1.165) is 16.5 Å². The van der Waals surface area contributed by atoms with Gasteiger partial charge in [0.1, 0.15) is 6.61 Å². The second-order valence-electron chi connectivity index (χ2n) is 8.28. The van der Waals surface area contributed by atoms with Crippen molar-refractivity contribution >= 4 is 16.8 Å². The van der Waals surface area contributed by atoms with Crippen LogP contribution in [0.25, 0.3) is 10.9 Å². The van der Waals surface area contributed by atoms with Gasteiger partial charge >= 0.3 is 0 Å². The van der Waals surface area contributed by atoms with Gasteiger partial charge in [0.25, 0.3) is 5.91 Å². The zero-order chi connectivity index (χ0) is 19.9. The van der Waals surface area contributed by atoms with Crippen LogP contribution in [-0.4, -0.2) is 28.8 Å². The molecule has 0 saturated heterocycles. The summed E-state index contributed by atoms with van der Waals surface area (Å²) in [5.74, 6) is 1.10. The third kappa shape index (κ3) is 3.54. The van der Waals surface area contributed by atoms with Gasteiger partial charge in [-0.15, -0.1) is 0 Å². The lowest BCUT2D eigenvalue weighted by atomic mass is 9.87. The molecule has 2 heterocycles. The third-order valence-electron chi connectivity index (χ3n) is 5.08. The van der Waals surface area contributed by atoms with E-state index in [4.69, 9.17) is 9.47 Å². The average Bonchev–Trinajstić information content (AvgIpc) is 3.14. The summed E-state index contributed by atoms with van der Waals surface area (Å²) in [5, 5.41) is 11.0. The summed E-state index contributed by atoms with van der Waals surface area (Å²) in [5.41, 5.74) is 3.17. The van der Waals surface area contributed by atoms with Crippen LogP contribution in [-0.2, 0) is 10.2 Å². The van der Waals surface area contributed by atoms with Gasteiger partial charge in [-0.2, -0.15) is 5.10 Å². The smallest absolute Gasteiger partial charge is 0.265 e. The minimum Gasteiger partial charge on any atom is -0.485 e. The molecule has 1 aromatic heterocycles. The van der Waals surface area contributed by atoms with Gasteiger partial charge in [-0.3, -0.25) is 9.89 Å². The minimum absolute atomic E-state index is 0.0259. The first kappa shape index (κ1) is 18.3. The standard InChI is InChI=1S/C22H25N3O3/c1-13(14-5-7-17-15(9-14)11-23-25-17)24-21(26)20-12-27-19-10-16(22(2,3)4)6-8-18(19)28-20/h5-11,13,20H,12H2,1-4H3,(H,23,25)(H,24,26). The van der Waals surface area contributed by atoms with Crippen molar-refractivity contribution in [3.8, 4) is 11.5 Å². The molecule has 1 aliphatic rings. The highest BCUT2D eigenvalue weighted by molar-refractivity contribution is 5.83. The number of carbonyl (C=O) groups excluding carboxylic acids is 1. The molecule has 146 valence electrons. The molecule has 3 aromatic rings. The summed E-state index contributed by atoms with van der Waals surface area (Å²) in [6, 6.07) is 11.7. The molecule has 4 rings (SSSR count). The van der Waals surface area contributed by atoms with E-state index in [9.17, 15) is 4.79 Å². The van der Waals surface area contributed by atoms with Crippen molar-refractivity contribution in [2.24, 2.45) is 0 Å². The highest BCUT2D eigenvalue weighted by atomic mass is 16.6. The number of nitrogens with zero attached hydrogens (tertiary/aromatic N) is 1. The van der Waals surface area contributed by atoms with Crippen LogP contribution in [0.2, 0.25) is 0 Å². The molecule has 0 spiro atoms. The van der Waals surface area contributed by atoms with E-state index in [-0.39, 0.29) is 24.0 Å². The first-order chi connectivity index (χ1) is 13.3. The minimum atomic E-state index is -0.673. The predicted octanol–water partition coefficient (Wildman–Crippen LogP) is 3.88. The quantitative estimate of drug-likeness (QED) is 0.724. The number of aromatic nitrogens is 2. The monoisotopic (exact) mass is 379 g/mol. The molecule has 6 heteroatoms. The van der Waals surface area contributed by atoms with Gasteiger partial charge in [-0.1, -0.05) is 32.9 Å². The lowest BCUT2D eigenvalue weighted by Crippen LogP contribution is -2.44. The Morgan fingerprint density at radius 1 is 1.21 bits per heavy atom. The van der Waals surface area contributed by atoms with Crippen LogP contribution in [0.4, 0.5) is 0 Å². The van der Waals surface area contributed by atoms with Crippen molar-refractivity contribution in [3.63, 3.8) is 0 Å². The predicted molar refractivity (Wildman–Crippen MR) is 108 cm³/mol. The Kier molecular flexibility index (Phi) is 4.49. The molecule has 0 radical (unpaired) electrons. The molecule has 0 bridgehead atoms. The highest BCUT2D eigenvalue weighted by Gasteiger charge is 2.29. The molecule has 2 N–H and O–H groups in total. The fraction of sp³-hybridized carbons (Fsp3) is 0.364. The maximum atomic E-state index is 12.7. The summed E-state index contributed by atoms with van der Waals surface area (Å²) < 4.78 is 11.7. The van der Waals surface area contributed by atoms with Crippen LogP contribution < -0.4 is 14.8 Å². The Hall–Kier alpha value is -3.02. The molecular weight excluding hydrogens is 354 g/mol. The van der Waals surface area contributed by atoms with E-state index >= 15 is 0 Å². The summed E-state index contributed by atoms with van der Waals surface area (Å²) in [6.45, 7) is 8.59. The number of aromatic amines is 1. The lowest BCUT2D eigenvalue weighted by Gasteiger charge is -2.28. The van der Waals surface area contributed by atoms with Gasteiger partial charge in [0.2, 0.25) is 6.10 Å². The topological polar surface area (TPSA) is 76.2 Å². The number of hydrogen-bond donors (Lipinski definition) is 2. The van der Waals surface area contributed by atoms with Crippen LogP contribution >= 0.6 is 0 Å². The molecule has 1 aliphatic heterocycles. The number of carbonyl (C=O) groups is 1. The Morgan fingerprint density at radius 3 is 2.82 bits per heavy atom. The van der Waals surface area contributed by atoms with Gasteiger partial charge in [-0.05, 0) is 47.7 Å². The number of hydrogen-bond acceptors (Lipinski definition) is 4. The van der Waals surface area contributed by atoms with Crippen LogP contribution in [0, 0.1) is 0 Å². The first-order valence-corrected chi connectivity index (χ1v) is 9.48. The average molecular weight is 379 g/mol. The summed E-state index contributed by atoms with van der Waals surface area (Å²) in [6.07, 6.45) is 1.10. The van der Waals surface area contributed by atoms with Gasteiger partial charge in [0.05, 0.1) is 17.8 Å². The molecule has 0 aliphatic carbocycles. The van der Waals surface area contributed by atoms with Crippen molar-refractivity contribution in [2.45, 2.75) is 45.3 Å². The number of amides is 1. The largest absolute Gasteiger partial charge is 0.485 e. The fourth-order valence-corrected chi connectivity index (χ4v) is 3.29. The van der Waals surface area contributed by atoms with Crippen molar-refractivity contribution in [2.75, 3.05) is 6.61 Å². The lowest BCUT2D eigenvalue weighted by molar-refractivity contribution is -0.131. The molecule has 2 unspecified atom stereocenters. The zero-order valence-corrected chi connectivity index (χ0v) is 16.6. The maximum Gasteiger partial charge on any atom is 0.265 e. The number of ether oxygens (including phenoxy) is 2. The number of H-pyrrole nitrogens is 1. The molecular formula is C22H25N3O3. The van der Waals surface area contributed by atoms with Crippen LogP contribution in [0.3, 0.4) is 0 Å². The Balaban J connectivity index is 1.44. The second kappa shape index (κ2) is 6.86. The molecule has 0 fully saturated rings. The van der Waals surface area contributed by atoms with E-state index < -0.39 is 6.10 Å². The van der Waals surface area contributed by atoms with Crippen LogP contribution in [0.5, 0.6) is 11.5 Å². The molecule has 1 amide bonds. The number of nitrogens with one attached hydrogen (secondary N) is 2. The molecule has 0 saturated carbocycles. The summed E-state index contributed by atoms with van der Waals surface area (Å²) >= 11 is 0. The zero-order valence-electron chi connectivity index (χ0n) is 16.6. The van der Waals surface area contributed by atoms with E-state index in [1.54, 1.807) is 6.20 Å². The van der Waals surface area contributed by atoms with Crippen molar-refractivity contribution in [1.29, 1.82) is 0 Å². The van der Waals surface area contributed by atoms with Gasteiger partial charge < -0.3 is 14.8 Å². The Bertz CT molecular complexity index is 1020. The van der Waals surface area contributed by atoms with Gasteiger partial charge in [0.15, 0.2) is 11.5 Å². The van der Waals surface area contributed by atoms with E-state index in [1.165, 1.54) is 5.56 Å². The molecule has 2 aromatic carbocycles. The van der Waals surface area contributed by atoms with Crippen LogP contribution in [0.1, 0.15) is 44.9 Å². The van der Waals surface area contributed by atoms with Crippen LogP contribution in [0.15, 0.2) is 42.6 Å². The number of benzene rings is 2. The van der Waals surface area contributed by atoms with E-state index in [2.05, 4.69) is 36.3 Å².